The van der Waals surface area contributed by atoms with E-state index >= 15 is 0 Å². The van der Waals surface area contributed by atoms with E-state index in [1.165, 1.54) is 18.3 Å². The van der Waals surface area contributed by atoms with Gasteiger partial charge in [-0.3, -0.25) is 9.89 Å². The Bertz CT molecular complexity index is 1230. The summed E-state index contributed by atoms with van der Waals surface area (Å²) in [6.07, 6.45) is 1.48. The van der Waals surface area contributed by atoms with Gasteiger partial charge in [-0.1, -0.05) is 35.9 Å². The number of phenolic OH excluding ortho intramolecular Hbond substituents is 1. The van der Waals surface area contributed by atoms with E-state index in [-0.39, 0.29) is 11.4 Å². The number of hydrazone groups is 1. The summed E-state index contributed by atoms with van der Waals surface area (Å²) in [6.45, 7) is 0.411. The fourth-order valence-electron chi connectivity index (χ4n) is 2.86. The number of amides is 1. The second kappa shape index (κ2) is 9.80. The molecule has 0 saturated carbocycles. The predicted molar refractivity (Wildman–Crippen MR) is 123 cm³/mol. The molecule has 0 bridgehead atoms. The SMILES string of the molecule is O=C(N/N=C\c1ccc(O)cc1)c1cc(-c2cccc(OCc3ccc(Cl)cc3)c2)n[nH]1. The van der Waals surface area contributed by atoms with E-state index in [2.05, 4.69) is 20.7 Å². The van der Waals surface area contributed by atoms with Crippen molar-refractivity contribution in [2.75, 3.05) is 0 Å². The van der Waals surface area contributed by atoms with Crippen LogP contribution in [0.1, 0.15) is 21.6 Å². The number of halogens is 1. The van der Waals surface area contributed by atoms with Gasteiger partial charge in [0.15, 0.2) is 0 Å². The molecule has 32 heavy (non-hydrogen) atoms. The maximum Gasteiger partial charge on any atom is 0.289 e. The Hall–Kier alpha value is -4.10. The molecule has 0 fully saturated rings. The quantitative estimate of drug-likeness (QED) is 0.281. The Morgan fingerprint density at radius 2 is 1.88 bits per heavy atom. The van der Waals surface area contributed by atoms with E-state index in [0.717, 1.165) is 16.7 Å². The first-order chi connectivity index (χ1) is 15.6. The van der Waals surface area contributed by atoms with Gasteiger partial charge in [0.2, 0.25) is 0 Å². The number of hydrogen-bond donors (Lipinski definition) is 3. The zero-order valence-electron chi connectivity index (χ0n) is 16.8. The van der Waals surface area contributed by atoms with Gasteiger partial charge in [-0.15, -0.1) is 0 Å². The summed E-state index contributed by atoms with van der Waals surface area (Å²) in [4.78, 5) is 12.3. The van der Waals surface area contributed by atoms with E-state index < -0.39 is 5.91 Å². The third-order valence-electron chi connectivity index (χ3n) is 4.54. The molecule has 0 radical (unpaired) electrons. The number of H-pyrrole nitrogens is 1. The number of carbonyl (C=O) groups is 1. The maximum atomic E-state index is 12.3. The molecule has 0 saturated heterocycles. The minimum atomic E-state index is -0.422. The van der Waals surface area contributed by atoms with Gasteiger partial charge >= 0.3 is 0 Å². The zero-order valence-corrected chi connectivity index (χ0v) is 17.6. The Labute approximate surface area is 189 Å². The molecule has 0 aliphatic carbocycles. The van der Waals surface area contributed by atoms with Crippen molar-refractivity contribution in [1.29, 1.82) is 0 Å². The van der Waals surface area contributed by atoms with Crippen LogP contribution in [-0.4, -0.2) is 27.4 Å². The van der Waals surface area contributed by atoms with Gasteiger partial charge in [0.05, 0.1) is 11.9 Å². The van der Waals surface area contributed by atoms with Crippen LogP contribution >= 0.6 is 11.6 Å². The fourth-order valence-corrected chi connectivity index (χ4v) is 2.99. The largest absolute Gasteiger partial charge is 0.508 e. The Morgan fingerprint density at radius 3 is 2.66 bits per heavy atom. The van der Waals surface area contributed by atoms with Crippen molar-refractivity contribution in [2.24, 2.45) is 5.10 Å². The highest BCUT2D eigenvalue weighted by Crippen LogP contribution is 2.24. The van der Waals surface area contributed by atoms with Crippen molar-refractivity contribution >= 4 is 23.7 Å². The van der Waals surface area contributed by atoms with Crippen molar-refractivity contribution in [2.45, 2.75) is 6.61 Å². The van der Waals surface area contributed by atoms with Gasteiger partial charge in [0, 0.05) is 10.6 Å². The average Bonchev–Trinajstić information content (AvgIpc) is 3.31. The Balaban J connectivity index is 1.38. The van der Waals surface area contributed by atoms with Crippen LogP contribution in [0, 0.1) is 0 Å². The monoisotopic (exact) mass is 446 g/mol. The van der Waals surface area contributed by atoms with E-state index in [4.69, 9.17) is 16.3 Å². The number of ether oxygens (including phenoxy) is 1. The highest BCUT2D eigenvalue weighted by molar-refractivity contribution is 6.30. The molecule has 160 valence electrons. The first-order valence-corrected chi connectivity index (χ1v) is 10.1. The van der Waals surface area contributed by atoms with E-state index in [1.54, 1.807) is 18.2 Å². The van der Waals surface area contributed by atoms with Gasteiger partial charge in [-0.25, -0.2) is 5.43 Å². The molecule has 8 heteroatoms. The molecule has 0 unspecified atom stereocenters. The summed E-state index contributed by atoms with van der Waals surface area (Å²) >= 11 is 5.91. The van der Waals surface area contributed by atoms with Gasteiger partial charge < -0.3 is 9.84 Å². The molecule has 3 N–H and O–H groups in total. The number of aromatic nitrogens is 2. The average molecular weight is 447 g/mol. The van der Waals surface area contributed by atoms with Crippen LogP contribution in [0.4, 0.5) is 0 Å². The molecule has 0 aliphatic heterocycles. The molecular formula is C24H19ClN4O3. The summed E-state index contributed by atoms with van der Waals surface area (Å²) in [5.74, 6) is 0.425. The Kier molecular flexibility index (Phi) is 6.48. The topological polar surface area (TPSA) is 99.6 Å². The van der Waals surface area contributed by atoms with Crippen LogP contribution in [0.25, 0.3) is 11.3 Å². The molecule has 7 nitrogen and oxygen atoms in total. The fraction of sp³-hybridized carbons (Fsp3) is 0.0417. The smallest absolute Gasteiger partial charge is 0.289 e. The van der Waals surface area contributed by atoms with Crippen LogP contribution in [0.15, 0.2) is 84.0 Å². The van der Waals surface area contributed by atoms with Crippen LogP contribution in [0.5, 0.6) is 11.5 Å². The number of aromatic hydroxyl groups is 1. The third kappa shape index (κ3) is 5.53. The van der Waals surface area contributed by atoms with Crippen molar-refractivity contribution in [3.8, 4) is 22.8 Å². The molecular weight excluding hydrogens is 428 g/mol. The van der Waals surface area contributed by atoms with Crippen molar-refractivity contribution < 1.29 is 14.6 Å². The number of nitrogens with zero attached hydrogens (tertiary/aromatic N) is 2. The predicted octanol–water partition coefficient (Wildman–Crippen LogP) is 4.78. The van der Waals surface area contributed by atoms with Crippen LogP contribution in [-0.2, 0) is 6.61 Å². The molecule has 0 atom stereocenters. The van der Waals surface area contributed by atoms with Gasteiger partial charge in [0.1, 0.15) is 23.8 Å². The second-order valence-electron chi connectivity index (χ2n) is 6.90. The Morgan fingerprint density at radius 1 is 1.09 bits per heavy atom. The maximum absolute atomic E-state index is 12.3. The number of aromatic amines is 1. The van der Waals surface area contributed by atoms with E-state index in [0.29, 0.717) is 23.1 Å². The number of benzene rings is 3. The van der Waals surface area contributed by atoms with Crippen LogP contribution in [0.3, 0.4) is 0 Å². The number of carbonyl (C=O) groups excluding carboxylic acids is 1. The minimum absolute atomic E-state index is 0.163. The summed E-state index contributed by atoms with van der Waals surface area (Å²) in [7, 11) is 0. The first-order valence-electron chi connectivity index (χ1n) is 9.72. The van der Waals surface area contributed by atoms with Gasteiger partial charge in [0.25, 0.3) is 5.91 Å². The number of nitrogens with one attached hydrogen (secondary N) is 2. The number of phenols is 1. The summed E-state index contributed by atoms with van der Waals surface area (Å²) in [5, 5.41) is 20.8. The lowest BCUT2D eigenvalue weighted by Crippen LogP contribution is -2.17. The second-order valence-corrected chi connectivity index (χ2v) is 7.34. The molecule has 0 spiro atoms. The van der Waals surface area contributed by atoms with Gasteiger partial charge in [-0.2, -0.15) is 10.2 Å². The standard InChI is InChI=1S/C24H19ClN4O3/c25-19-8-4-17(5-9-19)15-32-21-3-1-2-18(12-21)22-13-23(28-27-22)24(31)29-26-14-16-6-10-20(30)11-7-16/h1-14,30H,15H2,(H,27,28)(H,29,31)/b26-14-. The lowest BCUT2D eigenvalue weighted by atomic mass is 10.1. The summed E-state index contributed by atoms with van der Waals surface area (Å²) in [6, 6.07) is 23.0. The minimum Gasteiger partial charge on any atom is -0.508 e. The molecule has 1 heterocycles. The van der Waals surface area contributed by atoms with E-state index in [9.17, 15) is 9.90 Å². The lowest BCUT2D eigenvalue weighted by molar-refractivity contribution is 0.0950. The number of rotatable bonds is 7. The molecule has 0 aliphatic rings. The third-order valence-corrected chi connectivity index (χ3v) is 4.80. The highest BCUT2D eigenvalue weighted by Gasteiger charge is 2.11. The van der Waals surface area contributed by atoms with Crippen LogP contribution < -0.4 is 10.2 Å². The normalized spacial score (nSPS) is 10.9. The number of hydrogen-bond acceptors (Lipinski definition) is 5. The zero-order chi connectivity index (χ0) is 22.3. The first kappa shape index (κ1) is 21.1. The van der Waals surface area contributed by atoms with Crippen LogP contribution in [0.2, 0.25) is 5.02 Å². The molecule has 3 aromatic carbocycles. The molecule has 4 aromatic rings. The van der Waals surface area contributed by atoms with E-state index in [1.807, 2.05) is 48.5 Å². The van der Waals surface area contributed by atoms with Crippen molar-refractivity contribution in [1.82, 2.24) is 15.6 Å². The van der Waals surface area contributed by atoms with Crippen molar-refractivity contribution in [3.05, 3.63) is 101 Å². The highest BCUT2D eigenvalue weighted by atomic mass is 35.5. The summed E-state index contributed by atoms with van der Waals surface area (Å²) in [5.41, 5.74) is 5.88. The van der Waals surface area contributed by atoms with Gasteiger partial charge in [-0.05, 0) is 65.7 Å². The summed E-state index contributed by atoms with van der Waals surface area (Å²) < 4.78 is 5.86. The lowest BCUT2D eigenvalue weighted by Gasteiger charge is -2.07. The molecule has 1 amide bonds. The molecule has 4 rings (SSSR count). The molecule has 1 aromatic heterocycles. The van der Waals surface area contributed by atoms with Crippen molar-refractivity contribution in [3.63, 3.8) is 0 Å².